The number of hydrogen-bond donors (Lipinski definition) is 1. The van der Waals surface area contributed by atoms with Gasteiger partial charge in [0.25, 0.3) is 0 Å². The first-order valence-electron chi connectivity index (χ1n) is 18.7. The zero-order valence-corrected chi connectivity index (χ0v) is 32.2. The first-order chi connectivity index (χ1) is 24.4. The fraction of sp³-hybridized carbons (Fsp3) is 0.650. The molecular weight excluding hydrogens is 714 g/mol. The van der Waals surface area contributed by atoms with Gasteiger partial charge in [-0.2, -0.15) is 0 Å². The Morgan fingerprint density at radius 1 is 1.12 bits per heavy atom. The number of likely N-dealkylation sites (N-methyl/N-ethyl adjacent to an activating group) is 1. The number of allylic oxidation sites excluding steroid dienone is 1. The molecule has 2 bridgehead atoms. The number of aliphatic hydroxyl groups is 1. The van der Waals surface area contributed by atoms with Gasteiger partial charge in [-0.25, -0.2) is 0 Å². The molecule has 9 atom stereocenters. The van der Waals surface area contributed by atoms with E-state index in [1.165, 1.54) is 0 Å². The Kier molecular flexibility index (Phi) is 12.9. The van der Waals surface area contributed by atoms with Crippen molar-refractivity contribution in [3.05, 3.63) is 61.2 Å². The second-order valence-corrected chi connectivity index (χ2v) is 16.5. The number of alkyl halides is 1. The van der Waals surface area contributed by atoms with E-state index < -0.39 is 53.7 Å². The van der Waals surface area contributed by atoms with Crippen molar-refractivity contribution in [2.75, 3.05) is 20.2 Å². The Hall–Kier alpha value is -3.02. The van der Waals surface area contributed by atoms with Gasteiger partial charge in [0, 0.05) is 30.9 Å². The molecule has 1 N–H and O–H groups in total. The zero-order chi connectivity index (χ0) is 37.0. The van der Waals surface area contributed by atoms with Crippen molar-refractivity contribution in [3.63, 3.8) is 0 Å². The van der Waals surface area contributed by atoms with E-state index >= 15 is 4.79 Å². The molecule has 1 aromatic carbocycles. The number of rotatable bonds is 16. The highest BCUT2D eigenvalue weighted by molar-refractivity contribution is 9.09. The van der Waals surface area contributed by atoms with Gasteiger partial charge in [-0.3, -0.25) is 19.2 Å². The molecule has 280 valence electrons. The van der Waals surface area contributed by atoms with Crippen molar-refractivity contribution in [1.82, 2.24) is 14.7 Å². The first-order valence-corrected chi connectivity index (χ1v) is 19.6. The van der Waals surface area contributed by atoms with Crippen LogP contribution in [0.1, 0.15) is 90.2 Å². The van der Waals surface area contributed by atoms with Crippen LogP contribution in [0.25, 0.3) is 0 Å². The van der Waals surface area contributed by atoms with Gasteiger partial charge >= 0.3 is 5.97 Å². The molecule has 51 heavy (non-hydrogen) atoms. The molecule has 0 aromatic heterocycles. The van der Waals surface area contributed by atoms with Gasteiger partial charge in [0.1, 0.15) is 17.7 Å². The second kappa shape index (κ2) is 16.8. The van der Waals surface area contributed by atoms with Crippen LogP contribution >= 0.6 is 15.9 Å². The van der Waals surface area contributed by atoms with E-state index in [0.717, 1.165) is 32.1 Å². The highest BCUT2D eigenvalue weighted by Gasteiger charge is 2.77. The highest BCUT2D eigenvalue weighted by atomic mass is 79.9. The maximum Gasteiger partial charge on any atom is 0.313 e. The maximum atomic E-state index is 15.0. The third-order valence-corrected chi connectivity index (χ3v) is 12.4. The molecule has 5 rings (SSSR count). The number of benzene rings is 1. The Balaban J connectivity index is 1.53. The van der Waals surface area contributed by atoms with Crippen LogP contribution in [0.4, 0.5) is 0 Å². The second-order valence-electron chi connectivity index (χ2n) is 15.3. The molecule has 1 aromatic rings. The number of halogens is 1. The van der Waals surface area contributed by atoms with Crippen molar-refractivity contribution in [2.24, 2.45) is 17.8 Å². The number of nitrogens with zero attached hydrogens (tertiary/aromatic N) is 3. The monoisotopic (exact) mass is 769 g/mol. The maximum absolute atomic E-state index is 15.0. The van der Waals surface area contributed by atoms with Gasteiger partial charge < -0.3 is 29.3 Å². The Bertz CT molecular complexity index is 1430. The average Bonchev–Trinajstić information content (AvgIpc) is 3.73. The molecule has 0 radical (unpaired) electrons. The number of aliphatic hydroxyl groups excluding tert-OH is 1. The Labute approximate surface area is 311 Å². The number of hydrogen-bond acceptors (Lipinski definition) is 7. The minimum atomic E-state index is -1.29. The minimum Gasteiger partial charge on any atom is -0.455 e. The molecule has 1 aliphatic carbocycles. The average molecular weight is 771 g/mol. The Morgan fingerprint density at radius 2 is 1.80 bits per heavy atom. The summed E-state index contributed by atoms with van der Waals surface area (Å²) in [5, 5.41) is 10.7. The van der Waals surface area contributed by atoms with E-state index in [9.17, 15) is 19.5 Å². The van der Waals surface area contributed by atoms with Crippen molar-refractivity contribution >= 4 is 39.6 Å². The third kappa shape index (κ3) is 7.58. The molecule has 4 aliphatic rings. The smallest absolute Gasteiger partial charge is 0.313 e. The topological polar surface area (TPSA) is 117 Å². The standard InChI is InChI=1S/C40H56BrN3O7/c1-7-9-20-31(46)42(6)26(5)34(27-16-12-10-13-17-27)50-39(49)32-33-37(47)44(29(24-45)22-25(3)4)36(40(33)23-30(41)35(32)51-40)38(48)43(21-8-2)28-18-14-11-15-19-28/h7-8,10,12-13,16-17,25-26,28-30,32-36,45H,1-2,9,11,14-15,18-24H2,3-6H3/t26-,29+,30?,32+,33-,34+,35+,36+,40-/m0/s1. The largest absolute Gasteiger partial charge is 0.455 e. The van der Waals surface area contributed by atoms with Crippen LogP contribution < -0.4 is 0 Å². The van der Waals surface area contributed by atoms with E-state index in [-0.39, 0.29) is 47.5 Å². The van der Waals surface area contributed by atoms with Crippen molar-refractivity contribution in [1.29, 1.82) is 0 Å². The molecule has 3 saturated heterocycles. The lowest BCUT2D eigenvalue weighted by atomic mass is 9.70. The highest BCUT2D eigenvalue weighted by Crippen LogP contribution is 2.61. The van der Waals surface area contributed by atoms with Gasteiger partial charge in [-0.1, -0.05) is 91.5 Å². The van der Waals surface area contributed by atoms with Crippen LogP contribution in [-0.2, 0) is 28.7 Å². The summed E-state index contributed by atoms with van der Waals surface area (Å²) in [7, 11) is 1.70. The molecule has 3 amide bonds. The van der Waals surface area contributed by atoms with E-state index in [1.807, 2.05) is 56.0 Å². The summed E-state index contributed by atoms with van der Waals surface area (Å²) >= 11 is 3.78. The quantitative estimate of drug-likeness (QED) is 0.133. The number of amides is 3. The fourth-order valence-corrected chi connectivity index (χ4v) is 10.0. The SMILES string of the molecule is C=CCCC(=O)N(C)[C@@H](C)[C@@H](OC(=O)[C@H]1[C@@H]2O[C@@]3(CC2Br)[C@@H]1C(=O)N([C@@H](CO)CC(C)C)[C@@H]3C(=O)N(CC=C)C1CCCCC1)c1ccccc1. The molecule has 1 saturated carbocycles. The van der Waals surface area contributed by atoms with Crippen LogP contribution in [0.15, 0.2) is 55.6 Å². The van der Waals surface area contributed by atoms with Crippen molar-refractivity contribution < 1.29 is 33.8 Å². The predicted molar refractivity (Wildman–Crippen MR) is 199 cm³/mol. The van der Waals surface area contributed by atoms with E-state index in [0.29, 0.717) is 31.4 Å². The fourth-order valence-electron chi connectivity index (χ4n) is 9.06. The summed E-state index contributed by atoms with van der Waals surface area (Å²) in [6, 6.07) is 7.12. The third-order valence-electron chi connectivity index (χ3n) is 11.6. The predicted octanol–water partition coefficient (Wildman–Crippen LogP) is 5.59. The summed E-state index contributed by atoms with van der Waals surface area (Å²) in [5.41, 5.74) is -0.575. The molecule has 3 heterocycles. The summed E-state index contributed by atoms with van der Waals surface area (Å²) in [6.07, 6.45) is 8.43. The lowest BCUT2D eigenvalue weighted by molar-refractivity contribution is -0.165. The van der Waals surface area contributed by atoms with Gasteiger partial charge in [-0.15, -0.1) is 13.2 Å². The normalized spacial score (nSPS) is 29.0. The number of esters is 1. The number of ether oxygens (including phenoxy) is 2. The lowest BCUT2D eigenvalue weighted by Gasteiger charge is -2.42. The molecule has 10 nitrogen and oxygen atoms in total. The summed E-state index contributed by atoms with van der Waals surface area (Å²) in [4.78, 5) is 62.3. The van der Waals surface area contributed by atoms with Gasteiger partial charge in [-0.05, 0) is 50.5 Å². The molecular formula is C40H56BrN3O7. The number of likely N-dealkylation sites (tertiary alicyclic amines) is 1. The van der Waals surface area contributed by atoms with E-state index in [1.54, 1.807) is 29.0 Å². The summed E-state index contributed by atoms with van der Waals surface area (Å²) in [5.74, 6) is -3.14. The number of carbonyl (C=O) groups is 4. The number of fused-ring (bicyclic) bond motifs is 1. The molecule has 3 aliphatic heterocycles. The summed E-state index contributed by atoms with van der Waals surface area (Å²) in [6.45, 7) is 13.6. The molecule has 1 spiro atoms. The van der Waals surface area contributed by atoms with Crippen LogP contribution in [0, 0.1) is 17.8 Å². The molecule has 4 fully saturated rings. The van der Waals surface area contributed by atoms with Crippen molar-refractivity contribution in [2.45, 2.75) is 125 Å². The summed E-state index contributed by atoms with van der Waals surface area (Å²) < 4.78 is 13.2. The minimum absolute atomic E-state index is 0.00718. The van der Waals surface area contributed by atoms with Crippen molar-refractivity contribution in [3.8, 4) is 0 Å². The number of carbonyl (C=O) groups excluding carboxylic acids is 4. The van der Waals surface area contributed by atoms with Crippen LogP contribution in [0.2, 0.25) is 0 Å². The van der Waals surface area contributed by atoms with Crippen LogP contribution in [0.3, 0.4) is 0 Å². The van der Waals surface area contributed by atoms with Crippen LogP contribution in [-0.4, -0.2) is 104 Å². The van der Waals surface area contributed by atoms with Gasteiger partial charge in [0.15, 0.2) is 0 Å². The first kappa shape index (κ1) is 39.2. The van der Waals surface area contributed by atoms with Crippen LogP contribution in [0.5, 0.6) is 0 Å². The van der Waals surface area contributed by atoms with E-state index in [2.05, 4.69) is 29.1 Å². The zero-order valence-electron chi connectivity index (χ0n) is 30.6. The molecule has 11 heteroatoms. The van der Waals surface area contributed by atoms with Gasteiger partial charge in [0.05, 0.1) is 36.6 Å². The van der Waals surface area contributed by atoms with E-state index in [4.69, 9.17) is 9.47 Å². The van der Waals surface area contributed by atoms with Gasteiger partial charge in [0.2, 0.25) is 17.7 Å². The Morgan fingerprint density at radius 3 is 2.41 bits per heavy atom. The molecule has 1 unspecified atom stereocenters. The lowest BCUT2D eigenvalue weighted by Crippen LogP contribution is -2.60.